The van der Waals surface area contributed by atoms with Crippen molar-refractivity contribution in [1.29, 1.82) is 0 Å². The second-order valence-electron chi connectivity index (χ2n) is 8.27. The van der Waals surface area contributed by atoms with Crippen molar-refractivity contribution in [3.8, 4) is 0 Å². The van der Waals surface area contributed by atoms with Crippen molar-refractivity contribution in [2.24, 2.45) is 11.6 Å². The zero-order valence-electron chi connectivity index (χ0n) is 19.8. The van der Waals surface area contributed by atoms with E-state index >= 15 is 0 Å². The molecule has 0 radical (unpaired) electrons. The van der Waals surface area contributed by atoms with Crippen LogP contribution in [-0.4, -0.2) is 107 Å². The molecule has 1 saturated heterocycles. The van der Waals surface area contributed by atoms with Gasteiger partial charge in [0.1, 0.15) is 18.1 Å². The van der Waals surface area contributed by atoms with Gasteiger partial charge in [-0.05, 0) is 39.7 Å². The van der Waals surface area contributed by atoms with Gasteiger partial charge in [0.25, 0.3) is 5.91 Å². The van der Waals surface area contributed by atoms with Crippen molar-refractivity contribution >= 4 is 29.5 Å². The molecule has 14 nitrogen and oxygen atoms in total. The van der Waals surface area contributed by atoms with Crippen LogP contribution in [0.15, 0.2) is 0 Å². The molecular weight excluding hydrogens is 450 g/mol. The number of hydrogen-bond donors (Lipinski definition) is 7. The lowest BCUT2D eigenvalue weighted by Gasteiger charge is -2.36. The van der Waals surface area contributed by atoms with Crippen molar-refractivity contribution in [1.82, 2.24) is 25.9 Å². The number of aliphatic hydroxyl groups is 2. The molecule has 5 atom stereocenters. The predicted molar refractivity (Wildman–Crippen MR) is 120 cm³/mol. The Labute approximate surface area is 198 Å². The molecule has 0 aromatic rings. The number of hydrazine groups is 1. The summed E-state index contributed by atoms with van der Waals surface area (Å²) in [5, 5.41) is 28.3. The molecule has 9 N–H and O–H groups in total. The van der Waals surface area contributed by atoms with Crippen LogP contribution in [0.3, 0.4) is 0 Å². The molecule has 5 amide bonds. The number of likely N-dealkylation sites (N-methyl/N-ethyl adjacent to an activating group) is 2. The minimum Gasteiger partial charge on any atom is -0.394 e. The number of nitrogens with zero attached hydrogens (tertiary/aromatic N) is 2. The average molecular weight is 488 g/mol. The highest BCUT2D eigenvalue weighted by molar-refractivity contribution is 5.94. The molecule has 0 saturated carbocycles. The van der Waals surface area contributed by atoms with Crippen LogP contribution in [0.4, 0.5) is 0 Å². The van der Waals surface area contributed by atoms with Crippen LogP contribution in [0, 0.1) is 0 Å². The summed E-state index contributed by atoms with van der Waals surface area (Å²) in [6.45, 7) is 0.713. The first-order valence-corrected chi connectivity index (χ1v) is 11.1. The maximum absolute atomic E-state index is 13.1. The number of aliphatic hydroxyl groups excluding tert-OH is 2. The Kier molecular flexibility index (Phi) is 11.9. The summed E-state index contributed by atoms with van der Waals surface area (Å²) in [5.74, 6) is 2.23. The van der Waals surface area contributed by atoms with Crippen LogP contribution in [0.2, 0.25) is 0 Å². The SMILES string of the molecule is CN[C@H]1CCC(=O)NCCCC[C@@H](C(N)=O)NC(=O)[C@H](CO)N(N)C(=O)[C@H](C(C)O)N(C)C1=O. The maximum atomic E-state index is 13.1. The molecule has 1 fully saturated rings. The van der Waals surface area contributed by atoms with Crippen LogP contribution in [0.5, 0.6) is 0 Å². The molecule has 1 rings (SSSR count). The molecule has 0 aromatic heterocycles. The molecule has 1 aliphatic rings. The zero-order valence-corrected chi connectivity index (χ0v) is 19.8. The van der Waals surface area contributed by atoms with E-state index in [9.17, 15) is 34.2 Å². The van der Waals surface area contributed by atoms with Gasteiger partial charge < -0.3 is 36.8 Å². The van der Waals surface area contributed by atoms with Crippen LogP contribution in [0.1, 0.15) is 39.0 Å². The number of amides is 5. The Morgan fingerprint density at radius 3 is 2.38 bits per heavy atom. The predicted octanol–water partition coefficient (Wildman–Crippen LogP) is -4.10. The normalized spacial score (nSPS) is 27.9. The van der Waals surface area contributed by atoms with Crippen LogP contribution < -0.4 is 27.5 Å². The highest BCUT2D eigenvalue weighted by Crippen LogP contribution is 2.13. The number of rotatable bonds is 4. The molecule has 0 spiro atoms. The van der Waals surface area contributed by atoms with Gasteiger partial charge in [-0.3, -0.25) is 29.0 Å². The standard InChI is InChI=1S/C20H37N7O7/c1-11(29)16-20(34)27(22)14(10-28)18(32)25-12(17(21)31)6-4-5-9-24-15(30)8-7-13(23-2)19(33)26(16)3/h11-14,16,23,28-29H,4-10,22H2,1-3H3,(H2,21,31)(H,24,30)(H,25,32)/t11?,12-,13-,14-,16-/m0/s1. The largest absolute Gasteiger partial charge is 0.394 e. The van der Waals surface area contributed by atoms with Gasteiger partial charge in [0.15, 0.2) is 0 Å². The van der Waals surface area contributed by atoms with Gasteiger partial charge in [0, 0.05) is 20.0 Å². The van der Waals surface area contributed by atoms with Crippen LogP contribution in [-0.2, 0) is 24.0 Å². The van der Waals surface area contributed by atoms with Crippen molar-refractivity contribution in [2.45, 2.75) is 69.3 Å². The van der Waals surface area contributed by atoms with Gasteiger partial charge in [-0.15, -0.1) is 0 Å². The van der Waals surface area contributed by atoms with E-state index in [-0.39, 0.29) is 25.2 Å². The molecule has 1 unspecified atom stereocenters. The zero-order chi connectivity index (χ0) is 26.0. The average Bonchev–Trinajstić information content (AvgIpc) is 2.77. The van der Waals surface area contributed by atoms with Gasteiger partial charge in [-0.1, -0.05) is 0 Å². The highest BCUT2D eigenvalue weighted by Gasteiger charge is 2.39. The molecule has 0 bridgehead atoms. The fourth-order valence-corrected chi connectivity index (χ4v) is 3.69. The molecular formula is C20H37N7O7. The number of primary amides is 1. The van der Waals surface area contributed by atoms with E-state index in [0.717, 1.165) is 4.90 Å². The molecule has 0 aliphatic carbocycles. The Hall–Kier alpha value is -2.81. The monoisotopic (exact) mass is 487 g/mol. The Bertz CT molecular complexity index is 749. The van der Waals surface area contributed by atoms with Crippen LogP contribution in [0.25, 0.3) is 0 Å². The first-order valence-electron chi connectivity index (χ1n) is 11.1. The van der Waals surface area contributed by atoms with Gasteiger partial charge in [0.05, 0.1) is 18.8 Å². The van der Waals surface area contributed by atoms with E-state index in [1.54, 1.807) is 0 Å². The second kappa shape index (κ2) is 13.8. The van der Waals surface area contributed by atoms with Crippen molar-refractivity contribution in [2.75, 3.05) is 27.2 Å². The lowest BCUT2D eigenvalue weighted by molar-refractivity contribution is -0.154. The number of carbonyl (C=O) groups excluding carboxylic acids is 5. The van der Waals surface area contributed by atoms with Crippen molar-refractivity contribution in [3.63, 3.8) is 0 Å². The van der Waals surface area contributed by atoms with E-state index in [1.165, 1.54) is 21.0 Å². The summed E-state index contributed by atoms with van der Waals surface area (Å²) in [6.07, 6.45) is -0.111. The van der Waals surface area contributed by atoms with Crippen molar-refractivity contribution in [3.05, 3.63) is 0 Å². The second-order valence-corrected chi connectivity index (χ2v) is 8.27. The third-order valence-electron chi connectivity index (χ3n) is 5.75. The molecule has 1 heterocycles. The molecule has 194 valence electrons. The smallest absolute Gasteiger partial charge is 0.262 e. The van der Waals surface area contributed by atoms with Gasteiger partial charge in [-0.2, -0.15) is 0 Å². The topological polar surface area (TPSA) is 220 Å². The first-order chi connectivity index (χ1) is 16.0. The number of carbonyl (C=O) groups is 5. The summed E-state index contributed by atoms with van der Waals surface area (Å²) >= 11 is 0. The Morgan fingerprint density at radius 1 is 1.21 bits per heavy atom. The van der Waals surface area contributed by atoms with Gasteiger partial charge in [-0.25, -0.2) is 5.84 Å². The minimum atomic E-state index is -1.60. The lowest BCUT2D eigenvalue weighted by Crippen LogP contribution is -2.64. The van der Waals surface area contributed by atoms with Gasteiger partial charge in [0.2, 0.25) is 23.6 Å². The number of nitrogens with two attached hydrogens (primary N) is 2. The summed E-state index contributed by atoms with van der Waals surface area (Å²) in [6, 6.07) is -5.01. The summed E-state index contributed by atoms with van der Waals surface area (Å²) in [4.78, 5) is 63.7. The highest BCUT2D eigenvalue weighted by atomic mass is 16.3. The minimum absolute atomic E-state index is 0.0357. The van der Waals surface area contributed by atoms with Crippen molar-refractivity contribution < 1.29 is 34.2 Å². The third kappa shape index (κ3) is 7.90. The Balaban J connectivity index is 3.29. The van der Waals surface area contributed by atoms with Gasteiger partial charge >= 0.3 is 0 Å². The third-order valence-corrected chi connectivity index (χ3v) is 5.75. The number of nitrogens with one attached hydrogen (secondary N) is 3. The molecule has 1 aliphatic heterocycles. The van der Waals surface area contributed by atoms with E-state index in [1.807, 2.05) is 0 Å². The Morgan fingerprint density at radius 2 is 1.85 bits per heavy atom. The maximum Gasteiger partial charge on any atom is 0.262 e. The number of hydrogen-bond acceptors (Lipinski definition) is 9. The van der Waals surface area contributed by atoms with Crippen LogP contribution >= 0.6 is 0 Å². The fraction of sp³-hybridized carbons (Fsp3) is 0.750. The quantitative estimate of drug-likeness (QED) is 0.151. The molecule has 0 aromatic carbocycles. The van der Waals surface area contributed by atoms with E-state index < -0.39 is 60.5 Å². The fourth-order valence-electron chi connectivity index (χ4n) is 3.69. The summed E-state index contributed by atoms with van der Waals surface area (Å²) < 4.78 is 0. The summed E-state index contributed by atoms with van der Waals surface area (Å²) in [5.41, 5.74) is 5.36. The summed E-state index contributed by atoms with van der Waals surface area (Å²) in [7, 11) is 2.81. The molecule has 14 heteroatoms. The first kappa shape index (κ1) is 29.2. The molecule has 34 heavy (non-hydrogen) atoms. The van der Waals surface area contributed by atoms with E-state index in [4.69, 9.17) is 11.6 Å². The van der Waals surface area contributed by atoms with E-state index in [2.05, 4.69) is 16.0 Å². The lowest BCUT2D eigenvalue weighted by atomic mass is 10.0. The van der Waals surface area contributed by atoms with E-state index in [0.29, 0.717) is 24.4 Å².